The highest BCUT2D eigenvalue weighted by Gasteiger charge is 2.26. The Labute approximate surface area is 105 Å². The number of nitrogens with one attached hydrogen (secondary N) is 1. The smallest absolute Gasteiger partial charge is 0.326 e. The van der Waals surface area contributed by atoms with Crippen molar-refractivity contribution in [1.29, 1.82) is 0 Å². The lowest BCUT2D eigenvalue weighted by Gasteiger charge is -2.20. The van der Waals surface area contributed by atoms with Gasteiger partial charge in [-0.3, -0.25) is 4.79 Å². The van der Waals surface area contributed by atoms with E-state index in [1.54, 1.807) is 44.2 Å². The third-order valence-corrected chi connectivity index (χ3v) is 2.59. The van der Waals surface area contributed by atoms with Crippen LogP contribution in [-0.2, 0) is 9.59 Å². The van der Waals surface area contributed by atoms with Gasteiger partial charge in [0.2, 0.25) is 0 Å². The summed E-state index contributed by atoms with van der Waals surface area (Å²) in [5.41, 5.74) is 0.433. The third kappa shape index (κ3) is 3.56. The van der Waals surface area contributed by atoms with E-state index in [0.717, 1.165) is 0 Å². The van der Waals surface area contributed by atoms with Crippen molar-refractivity contribution in [1.82, 2.24) is 5.32 Å². The first-order valence-electron chi connectivity index (χ1n) is 5.69. The lowest BCUT2D eigenvalue weighted by atomic mass is 10.0. The number of aliphatic hydroxyl groups excluding tert-OH is 1. The molecular formula is C13H17NO4. The third-order valence-electron chi connectivity index (χ3n) is 2.59. The zero-order valence-corrected chi connectivity index (χ0v) is 10.3. The van der Waals surface area contributed by atoms with Crippen LogP contribution in [0.5, 0.6) is 0 Å². The van der Waals surface area contributed by atoms with E-state index < -0.39 is 24.0 Å². The monoisotopic (exact) mass is 251 g/mol. The second-order valence-corrected chi connectivity index (χ2v) is 4.38. The Hall–Kier alpha value is -1.88. The van der Waals surface area contributed by atoms with Gasteiger partial charge < -0.3 is 15.5 Å². The molecule has 1 amide bonds. The zero-order chi connectivity index (χ0) is 13.7. The topological polar surface area (TPSA) is 86.6 Å². The van der Waals surface area contributed by atoms with E-state index >= 15 is 0 Å². The summed E-state index contributed by atoms with van der Waals surface area (Å²) in [5, 5.41) is 21.1. The predicted molar refractivity (Wildman–Crippen MR) is 65.8 cm³/mol. The van der Waals surface area contributed by atoms with Crippen molar-refractivity contribution < 1.29 is 19.8 Å². The van der Waals surface area contributed by atoms with Gasteiger partial charge in [-0.1, -0.05) is 44.2 Å². The maximum absolute atomic E-state index is 11.7. The van der Waals surface area contributed by atoms with Crippen molar-refractivity contribution in [2.45, 2.75) is 26.0 Å². The minimum absolute atomic E-state index is 0.255. The molecule has 0 heterocycles. The Bertz CT molecular complexity index is 416. The van der Waals surface area contributed by atoms with Crippen LogP contribution in [0.2, 0.25) is 0 Å². The van der Waals surface area contributed by atoms with Crippen LogP contribution in [0.4, 0.5) is 0 Å². The average molecular weight is 251 g/mol. The van der Waals surface area contributed by atoms with Gasteiger partial charge in [0, 0.05) is 0 Å². The molecule has 0 aliphatic carbocycles. The van der Waals surface area contributed by atoms with Crippen molar-refractivity contribution >= 4 is 11.9 Å². The molecule has 18 heavy (non-hydrogen) atoms. The Kier molecular flexibility index (Phi) is 4.85. The quantitative estimate of drug-likeness (QED) is 0.727. The second-order valence-electron chi connectivity index (χ2n) is 4.38. The van der Waals surface area contributed by atoms with E-state index in [4.69, 9.17) is 5.11 Å². The molecule has 0 saturated heterocycles. The number of benzene rings is 1. The molecule has 1 aromatic carbocycles. The minimum atomic E-state index is -1.35. The molecule has 1 aromatic rings. The molecule has 98 valence electrons. The van der Waals surface area contributed by atoms with E-state index in [0.29, 0.717) is 5.56 Å². The normalized spacial score (nSPS) is 14.0. The van der Waals surface area contributed by atoms with Gasteiger partial charge >= 0.3 is 5.97 Å². The van der Waals surface area contributed by atoms with Gasteiger partial charge in [0.25, 0.3) is 5.91 Å². The standard InChI is InChI=1S/C13H17NO4/c1-8(2)10(13(17)18)14-12(16)11(15)9-6-4-3-5-7-9/h3-8,10-11,15H,1-2H3,(H,14,16)(H,17,18)/t10-,11-/m1/s1. The summed E-state index contributed by atoms with van der Waals surface area (Å²) in [6.07, 6.45) is -1.35. The summed E-state index contributed by atoms with van der Waals surface area (Å²) in [5.74, 6) is -2.07. The zero-order valence-electron chi connectivity index (χ0n) is 10.3. The number of carboxylic acid groups (broad SMARTS) is 1. The molecule has 0 radical (unpaired) electrons. The van der Waals surface area contributed by atoms with Crippen LogP contribution in [0.15, 0.2) is 30.3 Å². The van der Waals surface area contributed by atoms with Crippen LogP contribution in [-0.4, -0.2) is 28.1 Å². The highest BCUT2D eigenvalue weighted by Crippen LogP contribution is 2.13. The number of aliphatic hydroxyl groups is 1. The highest BCUT2D eigenvalue weighted by atomic mass is 16.4. The summed E-state index contributed by atoms with van der Waals surface area (Å²) < 4.78 is 0. The van der Waals surface area contributed by atoms with E-state index in [2.05, 4.69) is 5.32 Å². The van der Waals surface area contributed by atoms with Gasteiger partial charge in [-0.25, -0.2) is 4.79 Å². The van der Waals surface area contributed by atoms with Gasteiger partial charge in [-0.15, -0.1) is 0 Å². The molecule has 0 spiro atoms. The first-order chi connectivity index (χ1) is 8.43. The van der Waals surface area contributed by atoms with Crippen molar-refractivity contribution in [3.05, 3.63) is 35.9 Å². The van der Waals surface area contributed by atoms with E-state index in [1.165, 1.54) is 0 Å². The molecule has 0 bridgehead atoms. The summed E-state index contributed by atoms with van der Waals surface area (Å²) in [6.45, 7) is 3.38. The molecule has 2 atom stereocenters. The predicted octanol–water partition coefficient (Wildman–Crippen LogP) is 0.945. The molecule has 0 unspecified atom stereocenters. The van der Waals surface area contributed by atoms with Crippen molar-refractivity contribution in [2.24, 2.45) is 5.92 Å². The SMILES string of the molecule is CC(C)[C@@H](NC(=O)[C@H](O)c1ccccc1)C(=O)O. The molecular weight excluding hydrogens is 234 g/mol. The van der Waals surface area contributed by atoms with Gasteiger partial charge in [0.1, 0.15) is 6.04 Å². The van der Waals surface area contributed by atoms with Crippen molar-refractivity contribution in [3.63, 3.8) is 0 Å². The summed E-state index contributed by atoms with van der Waals surface area (Å²) in [4.78, 5) is 22.7. The number of aliphatic carboxylic acids is 1. The molecule has 5 nitrogen and oxygen atoms in total. The summed E-state index contributed by atoms with van der Waals surface area (Å²) in [6, 6.07) is 7.37. The van der Waals surface area contributed by atoms with Crippen LogP contribution in [0.25, 0.3) is 0 Å². The Balaban J connectivity index is 2.73. The Morgan fingerprint density at radius 2 is 1.72 bits per heavy atom. The van der Waals surface area contributed by atoms with Crippen molar-refractivity contribution in [3.8, 4) is 0 Å². The Morgan fingerprint density at radius 3 is 2.17 bits per heavy atom. The number of amides is 1. The molecule has 1 rings (SSSR count). The lowest BCUT2D eigenvalue weighted by Crippen LogP contribution is -2.46. The van der Waals surface area contributed by atoms with Crippen molar-refractivity contribution in [2.75, 3.05) is 0 Å². The van der Waals surface area contributed by atoms with E-state index in [-0.39, 0.29) is 5.92 Å². The van der Waals surface area contributed by atoms with E-state index in [9.17, 15) is 14.7 Å². The second kappa shape index (κ2) is 6.16. The average Bonchev–Trinajstić information content (AvgIpc) is 2.35. The largest absolute Gasteiger partial charge is 0.480 e. The minimum Gasteiger partial charge on any atom is -0.480 e. The fourth-order valence-electron chi connectivity index (χ4n) is 1.53. The van der Waals surface area contributed by atoms with Crippen LogP contribution < -0.4 is 5.32 Å². The fraction of sp³-hybridized carbons (Fsp3) is 0.385. The number of carbonyl (C=O) groups excluding carboxylic acids is 1. The first kappa shape index (κ1) is 14.2. The number of carbonyl (C=O) groups is 2. The van der Waals surface area contributed by atoms with Gasteiger partial charge in [-0.2, -0.15) is 0 Å². The highest BCUT2D eigenvalue weighted by molar-refractivity contribution is 5.87. The van der Waals surface area contributed by atoms with Gasteiger partial charge in [-0.05, 0) is 11.5 Å². The number of hydrogen-bond donors (Lipinski definition) is 3. The molecule has 3 N–H and O–H groups in total. The maximum Gasteiger partial charge on any atom is 0.326 e. The van der Waals surface area contributed by atoms with Crippen LogP contribution in [0, 0.1) is 5.92 Å². The molecule has 0 aliphatic heterocycles. The molecule has 0 aromatic heterocycles. The van der Waals surface area contributed by atoms with Crippen LogP contribution in [0.3, 0.4) is 0 Å². The fourth-order valence-corrected chi connectivity index (χ4v) is 1.53. The Morgan fingerprint density at radius 1 is 1.17 bits per heavy atom. The summed E-state index contributed by atoms with van der Waals surface area (Å²) >= 11 is 0. The number of carboxylic acids is 1. The number of hydrogen-bond acceptors (Lipinski definition) is 3. The molecule has 0 saturated carbocycles. The molecule has 5 heteroatoms. The number of rotatable bonds is 5. The van der Waals surface area contributed by atoms with Crippen LogP contribution in [0.1, 0.15) is 25.5 Å². The molecule has 0 aliphatic rings. The lowest BCUT2D eigenvalue weighted by molar-refractivity contribution is -0.144. The first-order valence-corrected chi connectivity index (χ1v) is 5.69. The molecule has 0 fully saturated rings. The van der Waals surface area contributed by atoms with Gasteiger partial charge in [0.05, 0.1) is 0 Å². The van der Waals surface area contributed by atoms with Crippen LogP contribution >= 0.6 is 0 Å². The van der Waals surface area contributed by atoms with Gasteiger partial charge in [0.15, 0.2) is 6.10 Å². The summed E-state index contributed by atoms with van der Waals surface area (Å²) in [7, 11) is 0. The maximum atomic E-state index is 11.7. The van der Waals surface area contributed by atoms with E-state index in [1.807, 2.05) is 0 Å².